The molecule has 0 N–H and O–H groups in total. The van der Waals surface area contributed by atoms with Crippen LogP contribution in [0.3, 0.4) is 0 Å². The van der Waals surface area contributed by atoms with Crippen molar-refractivity contribution in [3.05, 3.63) is 138 Å². The van der Waals surface area contributed by atoms with Crippen LogP contribution in [0.25, 0.3) is 5.31 Å². The zero-order chi connectivity index (χ0) is 22.7. The second-order valence-electron chi connectivity index (χ2n) is 7.52. The van der Waals surface area contributed by atoms with Crippen LogP contribution in [-0.2, 0) is 14.1 Å². The smallest absolute Gasteiger partial charge is 0.364 e. The first kappa shape index (κ1) is 20.9. The van der Waals surface area contributed by atoms with Gasteiger partial charge in [-0.2, -0.15) is 0 Å². The first-order chi connectivity index (χ1) is 16.2. The summed E-state index contributed by atoms with van der Waals surface area (Å²) in [5.74, 6) is -0.406. The fourth-order valence-electron chi connectivity index (χ4n) is 3.91. The SMILES string of the molecule is O=C1OC(c2ccccc2)=NC1=C(c1ccccc1)P(=O)(c1ccccc1)c1ccccc1. The van der Waals surface area contributed by atoms with Crippen molar-refractivity contribution >= 4 is 34.9 Å². The molecule has 4 aromatic rings. The van der Waals surface area contributed by atoms with Crippen LogP contribution in [0.1, 0.15) is 11.1 Å². The van der Waals surface area contributed by atoms with E-state index in [4.69, 9.17) is 4.74 Å². The summed E-state index contributed by atoms with van der Waals surface area (Å²) in [6, 6.07) is 37.0. The van der Waals surface area contributed by atoms with Crippen molar-refractivity contribution in [3.63, 3.8) is 0 Å². The van der Waals surface area contributed by atoms with Crippen LogP contribution < -0.4 is 10.6 Å². The maximum atomic E-state index is 15.2. The Morgan fingerprint density at radius 1 is 0.636 bits per heavy atom. The number of carbonyl (C=O) groups is 1. The topological polar surface area (TPSA) is 55.7 Å². The Hall–Kier alpha value is -4.01. The highest BCUT2D eigenvalue weighted by Crippen LogP contribution is 2.58. The Morgan fingerprint density at radius 3 is 1.61 bits per heavy atom. The quantitative estimate of drug-likeness (QED) is 0.234. The zero-order valence-corrected chi connectivity index (χ0v) is 18.6. The molecule has 1 aliphatic heterocycles. The van der Waals surface area contributed by atoms with Gasteiger partial charge in [-0.05, 0) is 17.7 Å². The lowest BCUT2D eigenvalue weighted by Crippen LogP contribution is -2.18. The molecule has 0 bridgehead atoms. The molecule has 160 valence electrons. The van der Waals surface area contributed by atoms with Crippen LogP contribution in [0.5, 0.6) is 0 Å². The minimum Gasteiger partial charge on any atom is -0.402 e. The number of carbonyl (C=O) groups excluding carboxylic acids is 1. The first-order valence-electron chi connectivity index (χ1n) is 10.6. The molecule has 4 nitrogen and oxygen atoms in total. The number of cyclic esters (lactones) is 1. The lowest BCUT2D eigenvalue weighted by molar-refractivity contribution is -0.129. The summed E-state index contributed by atoms with van der Waals surface area (Å²) < 4.78 is 20.7. The molecule has 0 radical (unpaired) electrons. The van der Waals surface area contributed by atoms with Gasteiger partial charge in [0.25, 0.3) is 0 Å². The second kappa shape index (κ2) is 8.85. The molecule has 4 aromatic carbocycles. The highest BCUT2D eigenvalue weighted by molar-refractivity contribution is 7.87. The standard InChI is InChI=1S/C28H20NO3P/c30-28-25(29-27(32-28)22-15-7-2-8-16-22)26(21-13-5-1-6-14-21)33(31,23-17-9-3-10-18-23)24-19-11-4-12-20-24/h1-20H. The Labute approximate surface area is 192 Å². The molecule has 5 rings (SSSR count). The lowest BCUT2D eigenvalue weighted by Gasteiger charge is -2.23. The number of rotatable bonds is 5. The number of nitrogens with zero attached hydrogens (tertiary/aromatic N) is 1. The van der Waals surface area contributed by atoms with E-state index in [-0.39, 0.29) is 11.6 Å². The third-order valence-corrected chi connectivity index (χ3v) is 8.59. The molecule has 0 aliphatic carbocycles. The maximum absolute atomic E-state index is 15.2. The van der Waals surface area contributed by atoms with Crippen LogP contribution in [0, 0.1) is 0 Å². The van der Waals surface area contributed by atoms with Crippen molar-refractivity contribution < 1.29 is 14.1 Å². The van der Waals surface area contributed by atoms with E-state index in [1.165, 1.54) is 0 Å². The van der Waals surface area contributed by atoms with E-state index in [0.717, 1.165) is 0 Å². The van der Waals surface area contributed by atoms with Crippen LogP contribution in [0.4, 0.5) is 0 Å². The van der Waals surface area contributed by atoms with Gasteiger partial charge in [-0.15, -0.1) is 0 Å². The van der Waals surface area contributed by atoms with Gasteiger partial charge in [-0.25, -0.2) is 9.79 Å². The minimum atomic E-state index is -3.49. The molecule has 0 aromatic heterocycles. The van der Waals surface area contributed by atoms with E-state index in [2.05, 4.69) is 4.99 Å². The van der Waals surface area contributed by atoms with Crippen molar-refractivity contribution in [1.29, 1.82) is 0 Å². The van der Waals surface area contributed by atoms with Gasteiger partial charge in [0, 0.05) is 16.2 Å². The molecule has 0 saturated heterocycles. The Morgan fingerprint density at radius 2 is 1.09 bits per heavy atom. The van der Waals surface area contributed by atoms with Gasteiger partial charge in [0.1, 0.15) is 0 Å². The number of ether oxygens (including phenoxy) is 1. The number of hydrogen-bond acceptors (Lipinski definition) is 4. The fourth-order valence-corrected chi connectivity index (χ4v) is 6.86. The number of aliphatic imine (C=N–C) groups is 1. The first-order valence-corrected chi connectivity index (χ1v) is 12.3. The van der Waals surface area contributed by atoms with E-state index in [9.17, 15) is 4.79 Å². The summed E-state index contributed by atoms with van der Waals surface area (Å²) in [4.78, 5) is 17.8. The van der Waals surface area contributed by atoms with Gasteiger partial charge < -0.3 is 9.30 Å². The van der Waals surface area contributed by atoms with Crippen LogP contribution >= 0.6 is 7.14 Å². The third kappa shape index (κ3) is 3.86. The Kier molecular flexibility index (Phi) is 5.60. The average molecular weight is 449 g/mol. The summed E-state index contributed by atoms with van der Waals surface area (Å²) in [5, 5.41) is 1.62. The molecule has 0 atom stereocenters. The van der Waals surface area contributed by atoms with Gasteiger partial charge in [-0.1, -0.05) is 109 Å². The van der Waals surface area contributed by atoms with Gasteiger partial charge in [0.15, 0.2) is 12.8 Å². The molecule has 33 heavy (non-hydrogen) atoms. The van der Waals surface area contributed by atoms with Gasteiger partial charge in [-0.3, -0.25) is 0 Å². The molecule has 0 spiro atoms. The van der Waals surface area contributed by atoms with Crippen LogP contribution in [0.2, 0.25) is 0 Å². The molecule has 0 fully saturated rings. The predicted molar refractivity (Wildman–Crippen MR) is 132 cm³/mol. The monoisotopic (exact) mass is 449 g/mol. The summed E-state index contributed by atoms with van der Waals surface area (Å²) in [6.45, 7) is 0. The molecular formula is C28H20NO3P. The van der Waals surface area contributed by atoms with E-state index >= 15 is 4.57 Å². The van der Waals surface area contributed by atoms with Gasteiger partial charge in [0.05, 0.1) is 5.31 Å². The predicted octanol–water partition coefficient (Wildman–Crippen LogP) is 5.37. The van der Waals surface area contributed by atoms with E-state index in [1.807, 2.05) is 121 Å². The van der Waals surface area contributed by atoms with Crippen molar-refractivity contribution in [2.45, 2.75) is 0 Å². The van der Waals surface area contributed by atoms with E-state index in [0.29, 0.717) is 27.1 Å². The van der Waals surface area contributed by atoms with Crippen LogP contribution in [0.15, 0.2) is 132 Å². The number of hydrogen-bond donors (Lipinski definition) is 0. The lowest BCUT2D eigenvalue weighted by atomic mass is 10.2. The molecule has 0 amide bonds. The molecule has 0 saturated carbocycles. The maximum Gasteiger partial charge on any atom is 0.364 e. The Balaban J connectivity index is 1.85. The fraction of sp³-hybridized carbons (Fsp3) is 0. The normalized spacial score (nSPS) is 15.0. The third-order valence-electron chi connectivity index (χ3n) is 5.44. The summed E-state index contributed by atoms with van der Waals surface area (Å²) in [5.41, 5.74) is 1.41. The molecule has 0 unspecified atom stereocenters. The highest BCUT2D eigenvalue weighted by Gasteiger charge is 2.40. The van der Waals surface area contributed by atoms with Gasteiger partial charge >= 0.3 is 5.97 Å². The largest absolute Gasteiger partial charge is 0.402 e. The van der Waals surface area contributed by atoms with Crippen LogP contribution in [-0.4, -0.2) is 11.9 Å². The Bertz CT molecular complexity index is 1350. The molecule has 5 heteroatoms. The minimum absolute atomic E-state index is 0.0658. The van der Waals surface area contributed by atoms with Gasteiger partial charge in [0.2, 0.25) is 5.90 Å². The van der Waals surface area contributed by atoms with Crippen molar-refractivity contribution in [2.24, 2.45) is 4.99 Å². The van der Waals surface area contributed by atoms with E-state index < -0.39 is 13.1 Å². The van der Waals surface area contributed by atoms with Crippen molar-refractivity contribution in [2.75, 3.05) is 0 Å². The average Bonchev–Trinajstić information content (AvgIpc) is 3.27. The van der Waals surface area contributed by atoms with Crippen molar-refractivity contribution in [3.8, 4) is 0 Å². The summed E-state index contributed by atoms with van der Waals surface area (Å²) in [7, 11) is -3.49. The highest BCUT2D eigenvalue weighted by atomic mass is 31.2. The zero-order valence-electron chi connectivity index (χ0n) is 17.7. The molecule has 1 heterocycles. The molecule has 1 aliphatic rings. The number of benzene rings is 4. The summed E-state index contributed by atoms with van der Waals surface area (Å²) in [6.07, 6.45) is 0. The molecular weight excluding hydrogens is 429 g/mol. The van der Waals surface area contributed by atoms with Crippen molar-refractivity contribution in [1.82, 2.24) is 0 Å². The second-order valence-corrected chi connectivity index (χ2v) is 10.2. The van der Waals surface area contributed by atoms with E-state index in [1.54, 1.807) is 0 Å². The number of esters is 1. The summed E-state index contributed by atoms with van der Waals surface area (Å²) >= 11 is 0.